The number of likely N-dealkylation sites (N-methyl/N-ethyl adjacent to an activating group) is 1. The normalized spacial score (nSPS) is 20.1. The molecule has 0 aromatic carbocycles. The van der Waals surface area contributed by atoms with Crippen LogP contribution in [0.15, 0.2) is 0 Å². The van der Waals surface area contributed by atoms with Crippen molar-refractivity contribution in [2.75, 3.05) is 20.1 Å². The van der Waals surface area contributed by atoms with Gasteiger partial charge in [-0.2, -0.15) is 0 Å². The molecule has 0 aliphatic heterocycles. The third-order valence-electron chi connectivity index (χ3n) is 2.93. The number of rotatable bonds is 7. The van der Waals surface area contributed by atoms with Crippen LogP contribution in [0, 0.1) is 5.92 Å². The average Bonchev–Trinajstić information content (AvgIpc) is 2.85. The minimum absolute atomic E-state index is 0.176. The largest absolute Gasteiger partial charge is 0.480 e. The highest BCUT2D eigenvalue weighted by atomic mass is 16.4. The van der Waals surface area contributed by atoms with Gasteiger partial charge in [-0.15, -0.1) is 0 Å². The zero-order chi connectivity index (χ0) is 12.3. The fourth-order valence-corrected chi connectivity index (χ4v) is 2.16. The van der Waals surface area contributed by atoms with Crippen LogP contribution in [0.4, 0.5) is 0 Å². The van der Waals surface area contributed by atoms with Crippen molar-refractivity contribution >= 4 is 5.97 Å². The smallest absolute Gasteiger partial charge is 0.324 e. The van der Waals surface area contributed by atoms with E-state index in [1.807, 2.05) is 20.9 Å². The van der Waals surface area contributed by atoms with Gasteiger partial charge in [0.05, 0.1) is 0 Å². The van der Waals surface area contributed by atoms with E-state index in [0.717, 1.165) is 12.5 Å². The maximum absolute atomic E-state index is 11.3. The number of carboxylic acids is 1. The van der Waals surface area contributed by atoms with Crippen molar-refractivity contribution in [3.8, 4) is 0 Å². The Bertz CT molecular complexity index is 251. The van der Waals surface area contributed by atoms with Crippen LogP contribution in [-0.4, -0.2) is 47.7 Å². The SMILES string of the molecule is CC(C)NC(C)(CN(C)CC1CC1)C(=O)O. The summed E-state index contributed by atoms with van der Waals surface area (Å²) in [7, 11) is 2.00. The highest BCUT2D eigenvalue weighted by Gasteiger charge is 2.35. The van der Waals surface area contributed by atoms with E-state index in [-0.39, 0.29) is 6.04 Å². The number of aliphatic carboxylic acids is 1. The van der Waals surface area contributed by atoms with Gasteiger partial charge in [0, 0.05) is 19.1 Å². The third-order valence-corrected chi connectivity index (χ3v) is 2.93. The van der Waals surface area contributed by atoms with E-state index < -0.39 is 11.5 Å². The molecule has 4 nitrogen and oxygen atoms in total. The molecule has 1 fully saturated rings. The molecule has 1 atom stereocenters. The van der Waals surface area contributed by atoms with Crippen LogP contribution in [0.2, 0.25) is 0 Å². The van der Waals surface area contributed by atoms with E-state index in [9.17, 15) is 9.90 Å². The number of hydrogen-bond donors (Lipinski definition) is 2. The van der Waals surface area contributed by atoms with Crippen molar-refractivity contribution < 1.29 is 9.90 Å². The first-order valence-electron chi connectivity index (χ1n) is 6.03. The second kappa shape index (κ2) is 5.15. The van der Waals surface area contributed by atoms with E-state index in [0.29, 0.717) is 6.54 Å². The van der Waals surface area contributed by atoms with Gasteiger partial charge < -0.3 is 10.0 Å². The minimum atomic E-state index is -0.849. The Morgan fingerprint density at radius 2 is 2.12 bits per heavy atom. The standard InChI is InChI=1S/C12H24N2O2/c1-9(2)13-12(3,11(15)16)8-14(4)7-10-5-6-10/h9-10,13H,5-8H2,1-4H3,(H,15,16). The molecule has 1 rings (SSSR count). The quantitative estimate of drug-likeness (QED) is 0.687. The summed E-state index contributed by atoms with van der Waals surface area (Å²) in [5.41, 5.74) is -0.849. The minimum Gasteiger partial charge on any atom is -0.480 e. The fraction of sp³-hybridized carbons (Fsp3) is 0.917. The van der Waals surface area contributed by atoms with E-state index in [4.69, 9.17) is 0 Å². The molecule has 1 unspecified atom stereocenters. The van der Waals surface area contributed by atoms with Crippen LogP contribution in [0.1, 0.15) is 33.6 Å². The summed E-state index contributed by atoms with van der Waals surface area (Å²) < 4.78 is 0. The van der Waals surface area contributed by atoms with Gasteiger partial charge in [-0.1, -0.05) is 0 Å². The van der Waals surface area contributed by atoms with Crippen LogP contribution < -0.4 is 5.32 Å². The Kier molecular flexibility index (Phi) is 4.33. The molecule has 0 radical (unpaired) electrons. The maximum atomic E-state index is 11.3. The molecule has 0 heterocycles. The van der Waals surface area contributed by atoms with Crippen LogP contribution in [0.3, 0.4) is 0 Å². The molecule has 0 amide bonds. The van der Waals surface area contributed by atoms with Gasteiger partial charge in [-0.25, -0.2) is 0 Å². The number of carboxylic acid groups (broad SMARTS) is 1. The lowest BCUT2D eigenvalue weighted by atomic mass is 10.0. The number of hydrogen-bond acceptors (Lipinski definition) is 3. The Morgan fingerprint density at radius 1 is 1.56 bits per heavy atom. The Morgan fingerprint density at radius 3 is 2.50 bits per heavy atom. The first kappa shape index (κ1) is 13.5. The Balaban J connectivity index is 2.50. The zero-order valence-corrected chi connectivity index (χ0v) is 10.8. The second-order valence-corrected chi connectivity index (χ2v) is 5.58. The predicted molar refractivity (Wildman–Crippen MR) is 64.5 cm³/mol. The molecule has 94 valence electrons. The number of carbonyl (C=O) groups is 1. The lowest BCUT2D eigenvalue weighted by molar-refractivity contribution is -0.145. The summed E-state index contributed by atoms with van der Waals surface area (Å²) in [6.45, 7) is 7.28. The lowest BCUT2D eigenvalue weighted by Crippen LogP contribution is -2.58. The summed E-state index contributed by atoms with van der Waals surface area (Å²) in [5, 5.41) is 12.4. The van der Waals surface area contributed by atoms with E-state index >= 15 is 0 Å². The molecule has 2 N–H and O–H groups in total. The third kappa shape index (κ3) is 4.10. The highest BCUT2D eigenvalue weighted by Crippen LogP contribution is 2.29. The maximum Gasteiger partial charge on any atom is 0.324 e. The van der Waals surface area contributed by atoms with Gasteiger partial charge in [0.15, 0.2) is 0 Å². The monoisotopic (exact) mass is 228 g/mol. The number of nitrogens with zero attached hydrogens (tertiary/aromatic N) is 1. The molecule has 16 heavy (non-hydrogen) atoms. The van der Waals surface area contributed by atoms with Gasteiger partial charge in [-0.05, 0) is 46.6 Å². The molecule has 0 spiro atoms. The van der Waals surface area contributed by atoms with Gasteiger partial charge in [0.1, 0.15) is 5.54 Å². The fourth-order valence-electron chi connectivity index (χ4n) is 2.16. The highest BCUT2D eigenvalue weighted by molar-refractivity contribution is 5.78. The zero-order valence-electron chi connectivity index (χ0n) is 10.8. The van der Waals surface area contributed by atoms with Crippen molar-refractivity contribution in [2.45, 2.75) is 45.2 Å². The predicted octanol–water partition coefficient (Wildman–Crippen LogP) is 1.17. The number of nitrogens with one attached hydrogen (secondary N) is 1. The van der Waals surface area contributed by atoms with E-state index in [2.05, 4.69) is 10.2 Å². The molecule has 0 saturated heterocycles. The van der Waals surface area contributed by atoms with E-state index in [1.165, 1.54) is 12.8 Å². The van der Waals surface area contributed by atoms with Crippen molar-refractivity contribution in [1.29, 1.82) is 0 Å². The first-order chi connectivity index (χ1) is 7.33. The Hall–Kier alpha value is -0.610. The van der Waals surface area contributed by atoms with Gasteiger partial charge in [-0.3, -0.25) is 10.1 Å². The lowest BCUT2D eigenvalue weighted by Gasteiger charge is -2.32. The van der Waals surface area contributed by atoms with Gasteiger partial charge in [0.25, 0.3) is 0 Å². The van der Waals surface area contributed by atoms with Crippen molar-refractivity contribution in [2.24, 2.45) is 5.92 Å². The topological polar surface area (TPSA) is 52.6 Å². The van der Waals surface area contributed by atoms with Crippen molar-refractivity contribution in [3.63, 3.8) is 0 Å². The molecular weight excluding hydrogens is 204 g/mol. The molecule has 0 aromatic heterocycles. The average molecular weight is 228 g/mol. The summed E-state index contributed by atoms with van der Waals surface area (Å²) in [6.07, 6.45) is 2.59. The molecule has 0 aromatic rings. The van der Waals surface area contributed by atoms with Crippen LogP contribution in [-0.2, 0) is 4.79 Å². The van der Waals surface area contributed by atoms with Crippen molar-refractivity contribution in [1.82, 2.24) is 10.2 Å². The summed E-state index contributed by atoms with van der Waals surface area (Å²) in [5.74, 6) is 0.0194. The second-order valence-electron chi connectivity index (χ2n) is 5.58. The van der Waals surface area contributed by atoms with Gasteiger partial charge in [0.2, 0.25) is 0 Å². The van der Waals surface area contributed by atoms with Crippen molar-refractivity contribution in [3.05, 3.63) is 0 Å². The summed E-state index contributed by atoms with van der Waals surface area (Å²) in [4.78, 5) is 13.4. The summed E-state index contributed by atoms with van der Waals surface area (Å²) >= 11 is 0. The molecular formula is C12H24N2O2. The molecule has 4 heteroatoms. The molecule has 0 bridgehead atoms. The first-order valence-corrected chi connectivity index (χ1v) is 6.03. The molecule has 1 saturated carbocycles. The summed E-state index contributed by atoms with van der Waals surface area (Å²) in [6, 6.07) is 0.176. The van der Waals surface area contributed by atoms with Crippen LogP contribution >= 0.6 is 0 Å². The van der Waals surface area contributed by atoms with Crippen LogP contribution in [0.5, 0.6) is 0 Å². The van der Waals surface area contributed by atoms with E-state index in [1.54, 1.807) is 6.92 Å². The Labute approximate surface area is 98.0 Å². The van der Waals surface area contributed by atoms with Crippen LogP contribution in [0.25, 0.3) is 0 Å². The van der Waals surface area contributed by atoms with Gasteiger partial charge >= 0.3 is 5.97 Å². The molecule has 1 aliphatic carbocycles. The molecule has 1 aliphatic rings.